The Labute approximate surface area is 83.9 Å². The maximum atomic E-state index is 11.8. The highest BCUT2D eigenvalue weighted by molar-refractivity contribution is 7.87. The molecule has 0 radical (unpaired) electrons. The van der Waals surface area contributed by atoms with Gasteiger partial charge in [-0.05, 0) is 0 Å². The van der Waals surface area contributed by atoms with Crippen LogP contribution < -0.4 is 0 Å². The fraction of sp³-hybridized carbons (Fsp3) is 1.00. The number of aliphatic hydroxyl groups is 2. The Balaban J connectivity index is 4.53. The van der Waals surface area contributed by atoms with Crippen LogP contribution in [0.25, 0.3) is 0 Å². The van der Waals surface area contributed by atoms with E-state index < -0.39 is 41.9 Å². The third-order valence-corrected chi connectivity index (χ3v) is 2.16. The average molecular weight is 253 g/mol. The van der Waals surface area contributed by atoms with Crippen LogP contribution in [0.3, 0.4) is 0 Å². The van der Waals surface area contributed by atoms with E-state index in [2.05, 4.69) is 4.28 Å². The maximum absolute atomic E-state index is 11.8. The van der Waals surface area contributed by atoms with Crippen LogP contribution in [0.2, 0.25) is 0 Å². The van der Waals surface area contributed by atoms with Crippen LogP contribution >= 0.6 is 0 Å². The molecule has 0 aliphatic rings. The number of hydrogen-bond acceptors (Lipinski definition) is 6. The lowest BCUT2D eigenvalue weighted by atomic mass is 10.6. The number of aliphatic hydroxyl groups excluding tert-OH is 2. The summed E-state index contributed by atoms with van der Waals surface area (Å²) in [7, 11) is -5.74. The number of nitrogens with zero attached hydrogens (tertiary/aromatic N) is 1. The summed E-state index contributed by atoms with van der Waals surface area (Å²) in [5, 5.41) is 17.1. The summed E-state index contributed by atoms with van der Waals surface area (Å²) in [5.74, 6) is 0. The summed E-state index contributed by atoms with van der Waals surface area (Å²) >= 11 is 0. The van der Waals surface area contributed by atoms with Gasteiger partial charge in [0.15, 0.2) is 0 Å². The molecule has 0 amide bonds. The van der Waals surface area contributed by atoms with Gasteiger partial charge in [0.25, 0.3) is 0 Å². The van der Waals surface area contributed by atoms with Gasteiger partial charge in [-0.1, -0.05) is 0 Å². The average Bonchev–Trinajstić information content (AvgIpc) is 2.02. The fourth-order valence-corrected chi connectivity index (χ4v) is 1.10. The van der Waals surface area contributed by atoms with E-state index in [9.17, 15) is 21.6 Å². The van der Waals surface area contributed by atoms with Gasteiger partial charge < -0.3 is 10.2 Å². The summed E-state index contributed by atoms with van der Waals surface area (Å²) in [4.78, 5) is 0. The molecule has 0 rings (SSSR count). The molecule has 0 aromatic heterocycles. The lowest BCUT2D eigenvalue weighted by Crippen LogP contribution is -2.37. The highest BCUT2D eigenvalue weighted by Gasteiger charge is 2.48. The first kappa shape index (κ1) is 14.6. The van der Waals surface area contributed by atoms with Crippen molar-refractivity contribution in [1.82, 2.24) is 5.06 Å². The normalized spacial score (nSPS) is 13.5. The van der Waals surface area contributed by atoms with Gasteiger partial charge in [-0.15, -0.1) is 0 Å². The Kier molecular flexibility index (Phi) is 5.45. The largest absolute Gasteiger partial charge is 0.524 e. The minimum Gasteiger partial charge on any atom is -0.395 e. The molecular formula is C5H10F3NO5S. The zero-order valence-electron chi connectivity index (χ0n) is 7.44. The Hall–Kier alpha value is -0.420. The summed E-state index contributed by atoms with van der Waals surface area (Å²) in [6, 6.07) is 0. The van der Waals surface area contributed by atoms with Crippen LogP contribution in [-0.2, 0) is 14.4 Å². The molecule has 10 heteroatoms. The summed E-state index contributed by atoms with van der Waals surface area (Å²) in [5.41, 5.74) is -5.53. The Morgan fingerprint density at radius 2 is 1.53 bits per heavy atom. The van der Waals surface area contributed by atoms with E-state index in [-0.39, 0.29) is 0 Å². The van der Waals surface area contributed by atoms with Gasteiger partial charge in [0.1, 0.15) is 0 Å². The lowest BCUT2D eigenvalue weighted by molar-refractivity contribution is -0.109. The van der Waals surface area contributed by atoms with Crippen LogP contribution in [0, 0.1) is 0 Å². The minimum atomic E-state index is -5.74. The number of alkyl halides is 3. The molecule has 0 saturated carbocycles. The summed E-state index contributed by atoms with van der Waals surface area (Å²) < 4.78 is 60.0. The fourth-order valence-electron chi connectivity index (χ4n) is 0.590. The number of rotatable bonds is 6. The predicted molar refractivity (Wildman–Crippen MR) is 41.8 cm³/mol. The third kappa shape index (κ3) is 4.75. The van der Waals surface area contributed by atoms with Crippen LogP contribution in [-0.4, -0.2) is 55.5 Å². The summed E-state index contributed by atoms with van der Waals surface area (Å²) in [6.45, 7) is -2.13. The zero-order valence-corrected chi connectivity index (χ0v) is 8.25. The first-order valence-electron chi connectivity index (χ1n) is 3.72. The Morgan fingerprint density at radius 3 is 1.80 bits per heavy atom. The van der Waals surface area contributed by atoms with Crippen LogP contribution in [0.15, 0.2) is 0 Å². The van der Waals surface area contributed by atoms with Crippen molar-refractivity contribution in [2.24, 2.45) is 0 Å². The second-order valence-corrected chi connectivity index (χ2v) is 3.87. The van der Waals surface area contributed by atoms with Crippen LogP contribution in [0.1, 0.15) is 0 Å². The van der Waals surface area contributed by atoms with E-state index in [1.807, 2.05) is 0 Å². The molecule has 92 valence electrons. The minimum absolute atomic E-state index is 0.308. The van der Waals surface area contributed by atoms with E-state index in [4.69, 9.17) is 10.2 Å². The number of hydroxylamine groups is 2. The van der Waals surface area contributed by atoms with Crippen molar-refractivity contribution in [2.45, 2.75) is 5.51 Å². The van der Waals surface area contributed by atoms with E-state index in [1.54, 1.807) is 0 Å². The van der Waals surface area contributed by atoms with Crippen LogP contribution in [0.5, 0.6) is 0 Å². The molecule has 0 unspecified atom stereocenters. The quantitative estimate of drug-likeness (QED) is 0.469. The van der Waals surface area contributed by atoms with Gasteiger partial charge in [0.05, 0.1) is 13.2 Å². The molecule has 15 heavy (non-hydrogen) atoms. The van der Waals surface area contributed by atoms with Crippen molar-refractivity contribution in [3.8, 4) is 0 Å². The molecule has 0 saturated heterocycles. The maximum Gasteiger partial charge on any atom is 0.524 e. The molecule has 2 N–H and O–H groups in total. The van der Waals surface area contributed by atoms with E-state index in [0.29, 0.717) is 5.06 Å². The highest BCUT2D eigenvalue weighted by Crippen LogP contribution is 2.25. The van der Waals surface area contributed by atoms with Crippen molar-refractivity contribution in [3.63, 3.8) is 0 Å². The molecule has 0 spiro atoms. The number of halogens is 3. The van der Waals surface area contributed by atoms with Gasteiger partial charge in [0, 0.05) is 13.1 Å². The lowest BCUT2D eigenvalue weighted by Gasteiger charge is -2.19. The molecule has 6 nitrogen and oxygen atoms in total. The molecular weight excluding hydrogens is 243 g/mol. The Morgan fingerprint density at radius 1 is 1.13 bits per heavy atom. The van der Waals surface area contributed by atoms with Crippen molar-refractivity contribution in [1.29, 1.82) is 0 Å². The molecule has 0 aliphatic heterocycles. The molecule has 0 aromatic carbocycles. The van der Waals surface area contributed by atoms with Gasteiger partial charge in [0.2, 0.25) is 0 Å². The molecule has 0 bridgehead atoms. The van der Waals surface area contributed by atoms with E-state index in [0.717, 1.165) is 0 Å². The first-order chi connectivity index (χ1) is 6.74. The van der Waals surface area contributed by atoms with Gasteiger partial charge in [-0.3, -0.25) is 0 Å². The van der Waals surface area contributed by atoms with Crippen molar-refractivity contribution >= 4 is 10.1 Å². The van der Waals surface area contributed by atoms with Gasteiger partial charge >= 0.3 is 15.6 Å². The SMILES string of the molecule is O=S(=O)(ON(CCO)CCO)C(F)(F)F. The topological polar surface area (TPSA) is 87.1 Å². The van der Waals surface area contributed by atoms with E-state index in [1.165, 1.54) is 0 Å². The van der Waals surface area contributed by atoms with Crippen molar-refractivity contribution in [3.05, 3.63) is 0 Å². The second-order valence-electron chi connectivity index (χ2n) is 2.35. The first-order valence-corrected chi connectivity index (χ1v) is 5.13. The zero-order chi connectivity index (χ0) is 12.1. The smallest absolute Gasteiger partial charge is 0.395 e. The molecule has 0 atom stereocenters. The highest BCUT2D eigenvalue weighted by atomic mass is 32.2. The molecule has 0 aliphatic carbocycles. The molecule has 0 fully saturated rings. The van der Waals surface area contributed by atoms with Crippen LogP contribution in [0.4, 0.5) is 13.2 Å². The van der Waals surface area contributed by atoms with Crippen molar-refractivity contribution in [2.75, 3.05) is 26.3 Å². The summed E-state index contributed by atoms with van der Waals surface area (Å²) in [6.07, 6.45) is 0. The second kappa shape index (κ2) is 5.61. The molecule has 0 heterocycles. The van der Waals surface area contributed by atoms with Gasteiger partial charge in [-0.25, -0.2) is 0 Å². The van der Waals surface area contributed by atoms with Crippen molar-refractivity contribution < 1.29 is 36.1 Å². The third-order valence-electron chi connectivity index (χ3n) is 1.19. The Bertz CT molecular complexity index is 271. The standard InChI is InChI=1S/C5H10F3NO5S/c6-5(7,8)15(12,13)14-9(1-3-10)2-4-11/h10-11H,1-4H2. The molecule has 0 aromatic rings. The van der Waals surface area contributed by atoms with Gasteiger partial charge in [-0.2, -0.15) is 30.9 Å². The predicted octanol–water partition coefficient (Wildman–Crippen LogP) is -0.946. The monoisotopic (exact) mass is 253 g/mol. The number of hydrogen-bond donors (Lipinski definition) is 2. The van der Waals surface area contributed by atoms with E-state index >= 15 is 0 Å².